The summed E-state index contributed by atoms with van der Waals surface area (Å²) in [6.45, 7) is 4.88. The van der Waals surface area contributed by atoms with Gasteiger partial charge >= 0.3 is 0 Å². The lowest BCUT2D eigenvalue weighted by Crippen LogP contribution is -2.13. The van der Waals surface area contributed by atoms with Crippen LogP contribution < -0.4 is 10.5 Å². The predicted octanol–water partition coefficient (Wildman–Crippen LogP) is 5.36. The van der Waals surface area contributed by atoms with Crippen LogP contribution >= 0.6 is 31.9 Å². The monoisotopic (exact) mass is 411 g/mol. The zero-order valence-electron chi connectivity index (χ0n) is 12.2. The number of rotatable bonds is 5. The molecule has 2 aromatic carbocycles. The van der Waals surface area contributed by atoms with Crippen LogP contribution in [0.3, 0.4) is 0 Å². The van der Waals surface area contributed by atoms with Crippen molar-refractivity contribution in [3.05, 3.63) is 62.0 Å². The molecule has 0 saturated heterocycles. The maximum absolute atomic E-state index is 6.42. The molecule has 2 rings (SSSR count). The van der Waals surface area contributed by atoms with Crippen molar-refractivity contribution in [2.24, 2.45) is 5.73 Å². The zero-order valence-corrected chi connectivity index (χ0v) is 15.4. The van der Waals surface area contributed by atoms with E-state index in [1.54, 1.807) is 0 Å². The summed E-state index contributed by atoms with van der Waals surface area (Å²) in [6.07, 6.45) is 0.991. The second-order valence-electron chi connectivity index (χ2n) is 4.97. The van der Waals surface area contributed by atoms with E-state index in [4.69, 9.17) is 10.5 Å². The fourth-order valence-electron chi connectivity index (χ4n) is 2.18. The van der Waals surface area contributed by atoms with Gasteiger partial charge < -0.3 is 10.5 Å². The molecule has 0 heterocycles. The molecule has 0 saturated carbocycles. The molecule has 4 heteroatoms. The minimum Gasteiger partial charge on any atom is -0.492 e. The van der Waals surface area contributed by atoms with Gasteiger partial charge in [-0.3, -0.25) is 0 Å². The SMILES string of the molecule is CCCOc1ccc(C(N)c2cccc(Br)c2C)cc1Br. The van der Waals surface area contributed by atoms with Crippen LogP contribution in [0.25, 0.3) is 0 Å². The van der Waals surface area contributed by atoms with Crippen molar-refractivity contribution in [1.29, 1.82) is 0 Å². The molecule has 0 bridgehead atoms. The molecule has 0 spiro atoms. The van der Waals surface area contributed by atoms with Gasteiger partial charge in [0.25, 0.3) is 0 Å². The van der Waals surface area contributed by atoms with Gasteiger partial charge in [0.15, 0.2) is 0 Å². The van der Waals surface area contributed by atoms with Crippen LogP contribution in [0.4, 0.5) is 0 Å². The fourth-order valence-corrected chi connectivity index (χ4v) is 3.07. The summed E-state index contributed by atoms with van der Waals surface area (Å²) in [4.78, 5) is 0. The Balaban J connectivity index is 2.29. The molecule has 0 aliphatic rings. The molecule has 2 N–H and O–H groups in total. The molecule has 1 unspecified atom stereocenters. The van der Waals surface area contributed by atoms with E-state index in [2.05, 4.69) is 51.8 Å². The van der Waals surface area contributed by atoms with Crippen LogP contribution in [0.1, 0.15) is 36.1 Å². The van der Waals surface area contributed by atoms with Crippen molar-refractivity contribution in [3.63, 3.8) is 0 Å². The molecular formula is C17H19Br2NO. The molecule has 0 amide bonds. The number of hydrogen-bond donors (Lipinski definition) is 1. The van der Waals surface area contributed by atoms with E-state index in [0.717, 1.165) is 38.8 Å². The topological polar surface area (TPSA) is 35.2 Å². The highest BCUT2D eigenvalue weighted by Crippen LogP contribution is 2.32. The van der Waals surface area contributed by atoms with Gasteiger partial charge in [-0.2, -0.15) is 0 Å². The lowest BCUT2D eigenvalue weighted by Gasteiger charge is -2.17. The smallest absolute Gasteiger partial charge is 0.133 e. The Morgan fingerprint density at radius 3 is 2.57 bits per heavy atom. The molecule has 112 valence electrons. The number of ether oxygens (including phenoxy) is 1. The van der Waals surface area contributed by atoms with E-state index in [1.165, 1.54) is 5.56 Å². The summed E-state index contributed by atoms with van der Waals surface area (Å²) in [5.74, 6) is 0.860. The first-order chi connectivity index (χ1) is 10.0. The molecule has 21 heavy (non-hydrogen) atoms. The lowest BCUT2D eigenvalue weighted by atomic mass is 9.96. The van der Waals surface area contributed by atoms with Crippen molar-refractivity contribution in [1.82, 2.24) is 0 Å². The van der Waals surface area contributed by atoms with E-state index in [9.17, 15) is 0 Å². The minimum atomic E-state index is -0.154. The van der Waals surface area contributed by atoms with Crippen molar-refractivity contribution in [3.8, 4) is 5.75 Å². The Kier molecular flexibility index (Phi) is 5.85. The molecule has 0 radical (unpaired) electrons. The minimum absolute atomic E-state index is 0.154. The summed E-state index contributed by atoms with van der Waals surface area (Å²) in [5.41, 5.74) is 9.78. The van der Waals surface area contributed by atoms with Gasteiger partial charge in [-0.25, -0.2) is 0 Å². The van der Waals surface area contributed by atoms with E-state index in [0.29, 0.717) is 0 Å². The third kappa shape index (κ3) is 3.87. The van der Waals surface area contributed by atoms with Crippen LogP contribution in [0.2, 0.25) is 0 Å². The van der Waals surface area contributed by atoms with Crippen molar-refractivity contribution >= 4 is 31.9 Å². The molecule has 2 aromatic rings. The summed E-state index contributed by atoms with van der Waals surface area (Å²) in [7, 11) is 0. The van der Waals surface area contributed by atoms with E-state index < -0.39 is 0 Å². The maximum Gasteiger partial charge on any atom is 0.133 e. The number of benzene rings is 2. The summed E-state index contributed by atoms with van der Waals surface area (Å²) in [5, 5.41) is 0. The first-order valence-corrected chi connectivity index (χ1v) is 8.56. The van der Waals surface area contributed by atoms with Crippen LogP contribution in [0, 0.1) is 6.92 Å². The van der Waals surface area contributed by atoms with Crippen LogP contribution in [-0.2, 0) is 0 Å². The predicted molar refractivity (Wildman–Crippen MR) is 94.8 cm³/mol. The molecule has 0 fully saturated rings. The highest BCUT2D eigenvalue weighted by Gasteiger charge is 2.14. The average Bonchev–Trinajstić information content (AvgIpc) is 2.48. The van der Waals surface area contributed by atoms with E-state index in [1.807, 2.05) is 30.3 Å². The molecule has 1 atom stereocenters. The Bertz CT molecular complexity index is 628. The van der Waals surface area contributed by atoms with Gasteiger partial charge in [-0.1, -0.05) is 41.1 Å². The normalized spacial score (nSPS) is 12.2. The lowest BCUT2D eigenvalue weighted by molar-refractivity contribution is 0.315. The Morgan fingerprint density at radius 1 is 1.14 bits per heavy atom. The zero-order chi connectivity index (χ0) is 15.4. The van der Waals surface area contributed by atoms with Crippen molar-refractivity contribution in [2.75, 3.05) is 6.61 Å². The Labute approximate surface area is 143 Å². The maximum atomic E-state index is 6.42. The first-order valence-electron chi connectivity index (χ1n) is 6.97. The van der Waals surface area contributed by atoms with Gasteiger partial charge in [-0.05, 0) is 64.2 Å². The quantitative estimate of drug-likeness (QED) is 0.717. The summed E-state index contributed by atoms with van der Waals surface area (Å²) in [6, 6.07) is 12.0. The van der Waals surface area contributed by atoms with Gasteiger partial charge in [0.1, 0.15) is 5.75 Å². The van der Waals surface area contributed by atoms with E-state index >= 15 is 0 Å². The molecule has 0 aromatic heterocycles. The fraction of sp³-hybridized carbons (Fsp3) is 0.294. The third-order valence-electron chi connectivity index (χ3n) is 3.42. The molecule has 2 nitrogen and oxygen atoms in total. The highest BCUT2D eigenvalue weighted by atomic mass is 79.9. The average molecular weight is 413 g/mol. The van der Waals surface area contributed by atoms with Crippen molar-refractivity contribution < 1.29 is 4.74 Å². The third-order valence-corrected chi connectivity index (χ3v) is 4.90. The number of hydrogen-bond acceptors (Lipinski definition) is 2. The van der Waals surface area contributed by atoms with Crippen molar-refractivity contribution in [2.45, 2.75) is 26.3 Å². The van der Waals surface area contributed by atoms with Gasteiger partial charge in [0.05, 0.1) is 17.1 Å². The summed E-state index contributed by atoms with van der Waals surface area (Å²) < 4.78 is 7.70. The van der Waals surface area contributed by atoms with Crippen LogP contribution in [-0.4, -0.2) is 6.61 Å². The standard InChI is InChI=1S/C17H19Br2NO/c1-3-9-21-16-8-7-12(10-15(16)19)17(20)13-5-4-6-14(18)11(13)2/h4-8,10,17H,3,9,20H2,1-2H3. The molecular weight excluding hydrogens is 394 g/mol. The van der Waals surface area contributed by atoms with Crippen LogP contribution in [0.15, 0.2) is 45.3 Å². The second kappa shape index (κ2) is 7.43. The number of nitrogens with two attached hydrogens (primary N) is 1. The Morgan fingerprint density at radius 2 is 1.90 bits per heavy atom. The summed E-state index contributed by atoms with van der Waals surface area (Å²) >= 11 is 7.12. The largest absolute Gasteiger partial charge is 0.492 e. The van der Waals surface area contributed by atoms with Gasteiger partial charge in [-0.15, -0.1) is 0 Å². The van der Waals surface area contributed by atoms with Gasteiger partial charge in [0, 0.05) is 4.47 Å². The Hall–Kier alpha value is -0.840. The highest BCUT2D eigenvalue weighted by molar-refractivity contribution is 9.10. The first kappa shape index (κ1) is 16.5. The molecule has 0 aliphatic heterocycles. The second-order valence-corrected chi connectivity index (χ2v) is 6.68. The van der Waals surface area contributed by atoms with Gasteiger partial charge in [0.2, 0.25) is 0 Å². The van der Waals surface area contributed by atoms with Crippen LogP contribution in [0.5, 0.6) is 5.75 Å². The molecule has 0 aliphatic carbocycles. The van der Waals surface area contributed by atoms with E-state index in [-0.39, 0.29) is 6.04 Å². The number of halogens is 2.